The topological polar surface area (TPSA) is 0 Å². The minimum absolute atomic E-state index is 1.29. The summed E-state index contributed by atoms with van der Waals surface area (Å²) in [7, 11) is 0. The first-order valence-corrected chi connectivity index (χ1v) is 6.30. The van der Waals surface area contributed by atoms with E-state index in [0.717, 1.165) is 0 Å². The van der Waals surface area contributed by atoms with Crippen molar-refractivity contribution in [3.63, 3.8) is 0 Å². The fraction of sp³-hybridized carbons (Fsp3) is 0.714. The summed E-state index contributed by atoms with van der Waals surface area (Å²) in [6, 6.07) is 0. The molecule has 0 N–H and O–H groups in total. The highest BCUT2D eigenvalue weighted by Crippen LogP contribution is 2.09. The Labute approximate surface area is 89.1 Å². The summed E-state index contributed by atoms with van der Waals surface area (Å²) < 4.78 is 0. The molecule has 0 nitrogen and oxygen atoms in total. The molecule has 0 amide bonds. The fourth-order valence-electron chi connectivity index (χ4n) is 1.87. The lowest BCUT2D eigenvalue weighted by atomic mass is 10.1. The molecule has 0 aromatic carbocycles. The maximum Gasteiger partial charge on any atom is -0.0351 e. The van der Waals surface area contributed by atoms with E-state index < -0.39 is 0 Å². The quantitative estimate of drug-likeness (QED) is 0.473. The summed E-state index contributed by atoms with van der Waals surface area (Å²) >= 11 is 0. The Morgan fingerprint density at radius 3 is 1.00 bits per heavy atom. The van der Waals surface area contributed by atoms with Crippen molar-refractivity contribution in [1.29, 1.82) is 0 Å². The van der Waals surface area contributed by atoms with Crippen LogP contribution in [-0.4, -0.2) is 0 Å². The van der Waals surface area contributed by atoms with Gasteiger partial charge in [0, 0.05) is 0 Å². The van der Waals surface area contributed by atoms with Crippen molar-refractivity contribution in [1.82, 2.24) is 0 Å². The molecular weight excluding hydrogens is 168 g/mol. The van der Waals surface area contributed by atoms with Gasteiger partial charge in [0.15, 0.2) is 0 Å². The van der Waals surface area contributed by atoms with Crippen molar-refractivity contribution in [3.05, 3.63) is 24.3 Å². The van der Waals surface area contributed by atoms with E-state index in [4.69, 9.17) is 0 Å². The third-order valence-electron chi connectivity index (χ3n) is 2.82. The zero-order valence-electron chi connectivity index (χ0n) is 9.38. The summed E-state index contributed by atoms with van der Waals surface area (Å²) in [6.07, 6.45) is 23.0. The first-order chi connectivity index (χ1) is 7.00. The van der Waals surface area contributed by atoms with Crippen molar-refractivity contribution >= 4 is 0 Å². The number of rotatable bonds is 0. The second-order valence-electron chi connectivity index (χ2n) is 4.22. The molecule has 0 bridgehead atoms. The van der Waals surface area contributed by atoms with Gasteiger partial charge in [-0.1, -0.05) is 37.1 Å². The predicted molar refractivity (Wildman–Crippen MR) is 64.5 cm³/mol. The lowest BCUT2D eigenvalue weighted by molar-refractivity contribution is 0.649. The molecule has 0 unspecified atom stereocenters. The van der Waals surface area contributed by atoms with Crippen molar-refractivity contribution < 1.29 is 0 Å². The van der Waals surface area contributed by atoms with Crippen LogP contribution in [0.3, 0.4) is 0 Å². The number of allylic oxidation sites excluding steroid dienone is 4. The smallest absolute Gasteiger partial charge is 0.0351 e. The van der Waals surface area contributed by atoms with E-state index in [9.17, 15) is 0 Å². The van der Waals surface area contributed by atoms with Crippen molar-refractivity contribution in [2.24, 2.45) is 0 Å². The van der Waals surface area contributed by atoms with Gasteiger partial charge in [-0.05, 0) is 51.4 Å². The molecule has 14 heavy (non-hydrogen) atoms. The Morgan fingerprint density at radius 2 is 0.643 bits per heavy atom. The Morgan fingerprint density at radius 1 is 0.357 bits per heavy atom. The Kier molecular flexibility index (Phi) is 7.47. The van der Waals surface area contributed by atoms with Gasteiger partial charge in [0.2, 0.25) is 0 Å². The van der Waals surface area contributed by atoms with Gasteiger partial charge in [-0.15, -0.1) is 0 Å². The van der Waals surface area contributed by atoms with Gasteiger partial charge < -0.3 is 0 Å². The van der Waals surface area contributed by atoms with Gasteiger partial charge in [0.05, 0.1) is 0 Å². The van der Waals surface area contributed by atoms with Crippen LogP contribution >= 0.6 is 0 Å². The van der Waals surface area contributed by atoms with Crippen LogP contribution in [-0.2, 0) is 0 Å². The average Bonchev–Trinajstić information content (AvgIpc) is 2.22. The molecule has 1 rings (SSSR count). The van der Waals surface area contributed by atoms with Crippen LogP contribution in [0, 0.1) is 0 Å². The largest absolute Gasteiger partial charge is 0.0885 e. The van der Waals surface area contributed by atoms with Gasteiger partial charge in [-0.25, -0.2) is 0 Å². The zero-order chi connectivity index (χ0) is 9.90. The summed E-state index contributed by atoms with van der Waals surface area (Å²) in [5.74, 6) is 0. The fourth-order valence-corrected chi connectivity index (χ4v) is 1.87. The molecule has 1 aliphatic carbocycles. The molecular formula is C14H24. The average molecular weight is 192 g/mol. The normalized spacial score (nSPS) is 26.3. The van der Waals surface area contributed by atoms with Crippen LogP contribution < -0.4 is 0 Å². The van der Waals surface area contributed by atoms with E-state index in [1.807, 2.05) is 0 Å². The minimum Gasteiger partial charge on any atom is -0.0885 e. The third-order valence-corrected chi connectivity index (χ3v) is 2.82. The highest BCUT2D eigenvalue weighted by molar-refractivity contribution is 4.84. The second kappa shape index (κ2) is 9.05. The Balaban J connectivity index is 2.16. The molecule has 0 saturated heterocycles. The lowest BCUT2D eigenvalue weighted by Crippen LogP contribution is -1.79. The van der Waals surface area contributed by atoms with Crippen molar-refractivity contribution in [3.8, 4) is 0 Å². The summed E-state index contributed by atoms with van der Waals surface area (Å²) in [5, 5.41) is 0. The van der Waals surface area contributed by atoms with E-state index in [2.05, 4.69) is 24.3 Å². The molecule has 80 valence electrons. The van der Waals surface area contributed by atoms with E-state index in [0.29, 0.717) is 0 Å². The van der Waals surface area contributed by atoms with Gasteiger partial charge >= 0.3 is 0 Å². The molecule has 0 fully saturated rings. The number of hydrogen-bond acceptors (Lipinski definition) is 0. The Hall–Kier alpha value is -0.520. The maximum atomic E-state index is 2.38. The van der Waals surface area contributed by atoms with E-state index in [1.54, 1.807) is 0 Å². The predicted octanol–water partition coefficient (Wildman–Crippen LogP) is 5.01. The standard InChI is InChI=1S/C14H24/c1-2-4-6-8-10-12-14-13-11-9-7-5-3-1/h1-2,11,13H,3-10,12,14H2/b2-1-,13-11-. The van der Waals surface area contributed by atoms with Crippen molar-refractivity contribution in [2.75, 3.05) is 0 Å². The van der Waals surface area contributed by atoms with E-state index in [1.165, 1.54) is 64.2 Å². The minimum atomic E-state index is 1.29. The molecule has 0 radical (unpaired) electrons. The molecule has 0 atom stereocenters. The lowest BCUT2D eigenvalue weighted by Gasteiger charge is -1.99. The second-order valence-corrected chi connectivity index (χ2v) is 4.22. The molecule has 0 saturated carbocycles. The van der Waals surface area contributed by atoms with Crippen LogP contribution in [0.2, 0.25) is 0 Å². The van der Waals surface area contributed by atoms with E-state index >= 15 is 0 Å². The maximum absolute atomic E-state index is 2.38. The summed E-state index contributed by atoms with van der Waals surface area (Å²) in [5.41, 5.74) is 0. The van der Waals surface area contributed by atoms with Crippen LogP contribution in [0.25, 0.3) is 0 Å². The summed E-state index contributed by atoms with van der Waals surface area (Å²) in [6.45, 7) is 0. The van der Waals surface area contributed by atoms with Crippen LogP contribution in [0.4, 0.5) is 0 Å². The zero-order valence-corrected chi connectivity index (χ0v) is 9.38. The monoisotopic (exact) mass is 192 g/mol. The molecule has 0 aromatic rings. The molecule has 0 aliphatic heterocycles. The van der Waals surface area contributed by atoms with Gasteiger partial charge in [-0.2, -0.15) is 0 Å². The van der Waals surface area contributed by atoms with Crippen molar-refractivity contribution in [2.45, 2.75) is 64.2 Å². The molecule has 0 spiro atoms. The van der Waals surface area contributed by atoms with Crippen LogP contribution in [0.15, 0.2) is 24.3 Å². The highest BCUT2D eigenvalue weighted by atomic mass is 14.0. The van der Waals surface area contributed by atoms with Crippen LogP contribution in [0.1, 0.15) is 64.2 Å². The van der Waals surface area contributed by atoms with Gasteiger partial charge in [-0.3, -0.25) is 0 Å². The summed E-state index contributed by atoms with van der Waals surface area (Å²) in [4.78, 5) is 0. The van der Waals surface area contributed by atoms with Crippen LogP contribution in [0.5, 0.6) is 0 Å². The molecule has 0 heterocycles. The van der Waals surface area contributed by atoms with Gasteiger partial charge in [0.1, 0.15) is 0 Å². The molecule has 0 aromatic heterocycles. The molecule has 1 aliphatic rings. The molecule has 0 heteroatoms. The first kappa shape index (κ1) is 11.6. The first-order valence-electron chi connectivity index (χ1n) is 6.30. The van der Waals surface area contributed by atoms with E-state index in [-0.39, 0.29) is 0 Å². The third kappa shape index (κ3) is 6.94. The highest BCUT2D eigenvalue weighted by Gasteiger charge is 1.89. The SMILES string of the molecule is C1=C\CCCCCC/C=C\CCCC/1. The van der Waals surface area contributed by atoms with Gasteiger partial charge in [0.25, 0.3) is 0 Å². The Bertz CT molecular complexity index is 145. The number of hydrogen-bond donors (Lipinski definition) is 0.